The number of rotatable bonds is 5. The van der Waals surface area contributed by atoms with Gasteiger partial charge in [-0.05, 0) is 65.7 Å². The third kappa shape index (κ3) is 4.64. The van der Waals surface area contributed by atoms with E-state index in [9.17, 15) is 14.3 Å². The first kappa shape index (κ1) is 21.8. The first-order valence-electron chi connectivity index (χ1n) is 8.66. The standard InChI is InChI=1S/C20H17BrCl2FN3O2/c1-10(2)27-17(18(28)11-3-5-12(22)6-4-11)16(26-20(27)21)19(29)25-13-7-8-15(24)14(23)9-13/h3-10,18,28H,1-2H3,(H,25,29). The van der Waals surface area contributed by atoms with Crippen molar-refractivity contribution in [1.82, 2.24) is 9.55 Å². The summed E-state index contributed by atoms with van der Waals surface area (Å²) < 4.78 is 15.5. The van der Waals surface area contributed by atoms with Crippen LogP contribution < -0.4 is 5.32 Å². The number of imidazole rings is 1. The average Bonchev–Trinajstić information content (AvgIpc) is 3.02. The van der Waals surface area contributed by atoms with Crippen LogP contribution in [-0.4, -0.2) is 20.6 Å². The minimum absolute atomic E-state index is 0.0356. The summed E-state index contributed by atoms with van der Waals surface area (Å²) in [5.41, 5.74) is 1.22. The van der Waals surface area contributed by atoms with Crippen molar-refractivity contribution in [2.24, 2.45) is 0 Å². The molecule has 0 aliphatic carbocycles. The Morgan fingerprint density at radius 2 is 1.86 bits per heavy atom. The summed E-state index contributed by atoms with van der Waals surface area (Å²) in [7, 11) is 0. The predicted molar refractivity (Wildman–Crippen MR) is 115 cm³/mol. The van der Waals surface area contributed by atoms with Crippen LogP contribution in [0.15, 0.2) is 47.2 Å². The molecule has 0 saturated carbocycles. The molecule has 0 fully saturated rings. The number of carbonyl (C=O) groups excluding carboxylic acids is 1. The Morgan fingerprint density at radius 1 is 1.21 bits per heavy atom. The van der Waals surface area contributed by atoms with Crippen LogP contribution in [0.4, 0.5) is 10.1 Å². The lowest BCUT2D eigenvalue weighted by atomic mass is 10.0. The Balaban J connectivity index is 2.04. The minimum Gasteiger partial charge on any atom is -0.382 e. The molecule has 152 valence electrons. The maximum absolute atomic E-state index is 13.4. The van der Waals surface area contributed by atoms with Gasteiger partial charge in [-0.2, -0.15) is 0 Å². The van der Waals surface area contributed by atoms with E-state index in [2.05, 4.69) is 26.2 Å². The fraction of sp³-hybridized carbons (Fsp3) is 0.200. The van der Waals surface area contributed by atoms with E-state index in [0.717, 1.165) is 6.07 Å². The number of amides is 1. The molecular formula is C20H17BrCl2FN3O2. The second kappa shape index (κ2) is 8.83. The van der Waals surface area contributed by atoms with Gasteiger partial charge >= 0.3 is 0 Å². The summed E-state index contributed by atoms with van der Waals surface area (Å²) in [5, 5.41) is 14.1. The zero-order valence-corrected chi connectivity index (χ0v) is 18.6. The lowest BCUT2D eigenvalue weighted by molar-refractivity contribution is 0.101. The zero-order valence-electron chi connectivity index (χ0n) is 15.5. The lowest BCUT2D eigenvalue weighted by Crippen LogP contribution is -2.19. The van der Waals surface area contributed by atoms with E-state index >= 15 is 0 Å². The van der Waals surface area contributed by atoms with Gasteiger partial charge < -0.3 is 15.0 Å². The van der Waals surface area contributed by atoms with E-state index < -0.39 is 17.8 Å². The molecule has 1 atom stereocenters. The SMILES string of the molecule is CC(C)n1c(Br)nc(C(=O)Nc2ccc(F)c(Cl)c2)c1C(O)c1ccc(Cl)cc1. The van der Waals surface area contributed by atoms with E-state index in [4.69, 9.17) is 23.2 Å². The fourth-order valence-corrected chi connectivity index (χ4v) is 3.99. The minimum atomic E-state index is -1.12. The molecular weight excluding hydrogens is 484 g/mol. The highest BCUT2D eigenvalue weighted by Gasteiger charge is 2.29. The van der Waals surface area contributed by atoms with Gasteiger partial charge in [0, 0.05) is 16.8 Å². The number of hydrogen-bond acceptors (Lipinski definition) is 3. The summed E-state index contributed by atoms with van der Waals surface area (Å²) in [6, 6.07) is 10.4. The van der Waals surface area contributed by atoms with E-state index in [0.29, 0.717) is 26.7 Å². The highest BCUT2D eigenvalue weighted by Crippen LogP contribution is 2.32. The van der Waals surface area contributed by atoms with Crippen molar-refractivity contribution in [2.75, 3.05) is 5.32 Å². The quantitative estimate of drug-likeness (QED) is 0.451. The molecule has 29 heavy (non-hydrogen) atoms. The third-order valence-electron chi connectivity index (χ3n) is 4.26. The molecule has 3 rings (SSSR count). The van der Waals surface area contributed by atoms with E-state index in [1.54, 1.807) is 28.8 Å². The van der Waals surface area contributed by atoms with Crippen molar-refractivity contribution in [3.05, 3.63) is 80.0 Å². The molecule has 1 heterocycles. The highest BCUT2D eigenvalue weighted by molar-refractivity contribution is 9.10. The van der Waals surface area contributed by atoms with Crippen LogP contribution in [0.5, 0.6) is 0 Å². The van der Waals surface area contributed by atoms with Gasteiger partial charge in [0.15, 0.2) is 10.4 Å². The maximum atomic E-state index is 13.4. The molecule has 0 saturated heterocycles. The van der Waals surface area contributed by atoms with Crippen LogP contribution in [0, 0.1) is 5.82 Å². The molecule has 9 heteroatoms. The van der Waals surface area contributed by atoms with Crippen molar-refractivity contribution < 1.29 is 14.3 Å². The lowest BCUT2D eigenvalue weighted by Gasteiger charge is -2.19. The number of anilines is 1. The molecule has 5 nitrogen and oxygen atoms in total. The number of halogens is 4. The van der Waals surface area contributed by atoms with Gasteiger partial charge in [0.05, 0.1) is 10.7 Å². The molecule has 0 aliphatic rings. The van der Waals surface area contributed by atoms with Crippen LogP contribution in [0.2, 0.25) is 10.0 Å². The molecule has 3 aromatic rings. The monoisotopic (exact) mass is 499 g/mol. The molecule has 1 unspecified atom stereocenters. The Hall–Kier alpha value is -1.93. The third-order valence-corrected chi connectivity index (χ3v) is 5.36. The van der Waals surface area contributed by atoms with Crippen molar-refractivity contribution >= 4 is 50.7 Å². The van der Waals surface area contributed by atoms with E-state index in [1.165, 1.54) is 12.1 Å². The van der Waals surface area contributed by atoms with Crippen LogP contribution in [0.1, 0.15) is 47.7 Å². The number of aliphatic hydroxyl groups is 1. The summed E-state index contributed by atoms with van der Waals surface area (Å²) in [6.45, 7) is 3.82. The van der Waals surface area contributed by atoms with E-state index in [-0.39, 0.29) is 16.8 Å². The highest BCUT2D eigenvalue weighted by atomic mass is 79.9. The number of hydrogen-bond donors (Lipinski definition) is 2. The first-order chi connectivity index (χ1) is 13.7. The largest absolute Gasteiger partial charge is 0.382 e. The molecule has 1 aromatic heterocycles. The maximum Gasteiger partial charge on any atom is 0.276 e. The van der Waals surface area contributed by atoms with Crippen LogP contribution >= 0.6 is 39.1 Å². The van der Waals surface area contributed by atoms with Gasteiger partial charge in [0.2, 0.25) is 0 Å². The normalized spacial score (nSPS) is 12.3. The Labute approximate surface area is 185 Å². The Kier molecular flexibility index (Phi) is 6.63. The van der Waals surface area contributed by atoms with Crippen molar-refractivity contribution in [1.29, 1.82) is 0 Å². The Morgan fingerprint density at radius 3 is 2.45 bits per heavy atom. The van der Waals surface area contributed by atoms with Gasteiger partial charge in [-0.3, -0.25) is 4.79 Å². The van der Waals surface area contributed by atoms with Crippen LogP contribution in [-0.2, 0) is 0 Å². The van der Waals surface area contributed by atoms with Crippen LogP contribution in [0.3, 0.4) is 0 Å². The van der Waals surface area contributed by atoms with Gasteiger partial charge in [0.25, 0.3) is 5.91 Å². The second-order valence-electron chi connectivity index (χ2n) is 6.62. The first-order valence-corrected chi connectivity index (χ1v) is 10.2. The average molecular weight is 501 g/mol. The smallest absolute Gasteiger partial charge is 0.276 e. The van der Waals surface area contributed by atoms with Crippen LogP contribution in [0.25, 0.3) is 0 Å². The number of carbonyl (C=O) groups is 1. The predicted octanol–water partition coefficient (Wildman–Crippen LogP) is 6.01. The summed E-state index contributed by atoms with van der Waals surface area (Å²) in [5.74, 6) is -1.15. The number of aliphatic hydroxyl groups excluding tert-OH is 1. The van der Waals surface area contributed by atoms with Crippen molar-refractivity contribution in [2.45, 2.75) is 26.0 Å². The zero-order chi connectivity index (χ0) is 21.3. The van der Waals surface area contributed by atoms with Gasteiger partial charge in [-0.15, -0.1) is 0 Å². The van der Waals surface area contributed by atoms with Gasteiger partial charge in [-0.1, -0.05) is 35.3 Å². The topological polar surface area (TPSA) is 67.2 Å². The molecule has 0 spiro atoms. The summed E-state index contributed by atoms with van der Waals surface area (Å²) in [4.78, 5) is 17.2. The molecule has 2 aromatic carbocycles. The van der Waals surface area contributed by atoms with Crippen molar-refractivity contribution in [3.8, 4) is 0 Å². The van der Waals surface area contributed by atoms with E-state index in [1.807, 2.05) is 13.8 Å². The molecule has 1 amide bonds. The van der Waals surface area contributed by atoms with Gasteiger partial charge in [0.1, 0.15) is 11.9 Å². The summed E-state index contributed by atoms with van der Waals surface area (Å²) in [6.07, 6.45) is -1.12. The number of nitrogens with zero attached hydrogens (tertiary/aromatic N) is 2. The fourth-order valence-electron chi connectivity index (χ4n) is 2.90. The molecule has 0 aliphatic heterocycles. The Bertz CT molecular complexity index is 1050. The second-order valence-corrected chi connectivity index (χ2v) is 8.17. The number of benzene rings is 2. The van der Waals surface area contributed by atoms with Crippen molar-refractivity contribution in [3.63, 3.8) is 0 Å². The molecule has 0 bridgehead atoms. The summed E-state index contributed by atoms with van der Waals surface area (Å²) >= 11 is 15.1. The van der Waals surface area contributed by atoms with Gasteiger partial charge in [-0.25, -0.2) is 9.37 Å². The number of aromatic nitrogens is 2. The number of nitrogens with one attached hydrogen (secondary N) is 1. The molecule has 0 radical (unpaired) electrons. The molecule has 2 N–H and O–H groups in total.